The summed E-state index contributed by atoms with van der Waals surface area (Å²) >= 11 is 0. The molecule has 4 heterocycles. The number of amides is 1. The van der Waals surface area contributed by atoms with Crippen LogP contribution in [0.5, 0.6) is 11.5 Å². The lowest BCUT2D eigenvalue weighted by Crippen LogP contribution is -2.49. The Bertz CT molecular complexity index is 970. The van der Waals surface area contributed by atoms with E-state index in [-0.39, 0.29) is 18.3 Å². The largest absolute Gasteiger partial charge is 0.454 e. The standard InChI is InChI=1S/C21H23N3O4/c25-20(22-8-14-4-5-18-19(7-14)28-13-27-18)12-23-9-15-6-16(11-23)17-2-1-3-21(26)24(17)10-15/h1-5,7,15-16H,6,8-13H2,(H,22,25)/t15-,16+/m0/s1. The number of nitrogens with one attached hydrogen (secondary N) is 1. The molecular formula is C21H23N3O4. The third-order valence-corrected chi connectivity index (χ3v) is 5.85. The zero-order chi connectivity index (χ0) is 19.1. The number of carbonyl (C=O) groups is 1. The molecule has 0 saturated carbocycles. The predicted molar refractivity (Wildman–Crippen MR) is 102 cm³/mol. The summed E-state index contributed by atoms with van der Waals surface area (Å²) < 4.78 is 12.6. The van der Waals surface area contributed by atoms with E-state index in [2.05, 4.69) is 10.2 Å². The van der Waals surface area contributed by atoms with Crippen LogP contribution >= 0.6 is 0 Å². The fraction of sp³-hybridized carbons (Fsp3) is 0.429. The quantitative estimate of drug-likeness (QED) is 0.865. The Morgan fingerprint density at radius 1 is 1.11 bits per heavy atom. The highest BCUT2D eigenvalue weighted by Gasteiger charge is 2.34. The molecule has 0 unspecified atom stereocenters. The number of rotatable bonds is 4. The van der Waals surface area contributed by atoms with Crippen LogP contribution in [-0.2, 0) is 17.9 Å². The number of likely N-dealkylation sites (tertiary alicyclic amines) is 1. The highest BCUT2D eigenvalue weighted by atomic mass is 16.7. The van der Waals surface area contributed by atoms with Crippen LogP contribution < -0.4 is 20.3 Å². The van der Waals surface area contributed by atoms with Crippen LogP contribution in [-0.4, -0.2) is 41.8 Å². The van der Waals surface area contributed by atoms with Crippen LogP contribution in [0.4, 0.5) is 0 Å². The number of hydrogen-bond acceptors (Lipinski definition) is 5. The molecule has 0 aliphatic carbocycles. The maximum absolute atomic E-state index is 12.5. The first-order valence-corrected chi connectivity index (χ1v) is 9.73. The van der Waals surface area contributed by atoms with Gasteiger partial charge in [-0.25, -0.2) is 0 Å². The topological polar surface area (TPSA) is 72.8 Å². The molecule has 3 aliphatic heterocycles. The third-order valence-electron chi connectivity index (χ3n) is 5.85. The lowest BCUT2D eigenvalue weighted by Gasteiger charge is -2.42. The van der Waals surface area contributed by atoms with Crippen LogP contribution in [0.2, 0.25) is 0 Å². The summed E-state index contributed by atoms with van der Waals surface area (Å²) in [4.78, 5) is 26.8. The van der Waals surface area contributed by atoms with Crippen molar-refractivity contribution in [3.63, 3.8) is 0 Å². The minimum Gasteiger partial charge on any atom is -0.454 e. The SMILES string of the molecule is O=C(CN1C[C@@H]2C[C@H](C1)c1cccc(=O)n1C2)NCc1ccc2c(c1)OCO2. The number of carbonyl (C=O) groups excluding carboxylic acids is 1. The van der Waals surface area contributed by atoms with Crippen LogP contribution in [0.1, 0.15) is 23.6 Å². The number of hydrogen-bond donors (Lipinski definition) is 1. The average molecular weight is 381 g/mol. The monoisotopic (exact) mass is 381 g/mol. The second kappa shape index (κ2) is 6.98. The molecule has 2 aromatic rings. The summed E-state index contributed by atoms with van der Waals surface area (Å²) in [5.74, 6) is 2.23. The van der Waals surface area contributed by atoms with Gasteiger partial charge >= 0.3 is 0 Å². The maximum atomic E-state index is 12.5. The van der Waals surface area contributed by atoms with Gasteiger partial charge in [0.15, 0.2) is 11.5 Å². The number of piperidine rings is 1. The molecule has 7 nitrogen and oxygen atoms in total. The third kappa shape index (κ3) is 3.26. The van der Waals surface area contributed by atoms with Gasteiger partial charge in [-0.2, -0.15) is 0 Å². The minimum atomic E-state index is 0.0168. The Balaban J connectivity index is 1.19. The van der Waals surface area contributed by atoms with E-state index in [4.69, 9.17) is 9.47 Å². The van der Waals surface area contributed by atoms with Gasteiger partial charge in [-0.1, -0.05) is 12.1 Å². The number of ether oxygens (including phenoxy) is 2. The van der Waals surface area contributed by atoms with Gasteiger partial charge in [0.2, 0.25) is 12.7 Å². The Hall–Kier alpha value is -2.80. The van der Waals surface area contributed by atoms with Crippen molar-refractivity contribution in [2.75, 3.05) is 26.4 Å². The van der Waals surface area contributed by atoms with Crippen molar-refractivity contribution < 1.29 is 14.3 Å². The molecule has 1 aromatic heterocycles. The minimum absolute atomic E-state index is 0.0168. The average Bonchev–Trinajstić information content (AvgIpc) is 3.15. The Morgan fingerprint density at radius 3 is 2.93 bits per heavy atom. The Kier molecular flexibility index (Phi) is 4.31. The number of pyridine rings is 1. The van der Waals surface area contributed by atoms with Crippen LogP contribution in [0, 0.1) is 5.92 Å². The van der Waals surface area contributed by atoms with Gasteiger partial charge in [0.05, 0.1) is 6.54 Å². The van der Waals surface area contributed by atoms with Crippen LogP contribution in [0.25, 0.3) is 0 Å². The van der Waals surface area contributed by atoms with Gasteiger partial charge in [0, 0.05) is 43.9 Å². The predicted octanol–water partition coefficient (Wildman–Crippen LogP) is 1.31. The molecular weight excluding hydrogens is 358 g/mol. The molecule has 3 aliphatic rings. The fourth-order valence-electron chi connectivity index (χ4n) is 4.64. The first-order valence-electron chi connectivity index (χ1n) is 9.73. The van der Waals surface area contributed by atoms with Gasteiger partial charge in [0.1, 0.15) is 0 Å². The van der Waals surface area contributed by atoms with E-state index in [1.807, 2.05) is 34.9 Å². The summed E-state index contributed by atoms with van der Waals surface area (Å²) in [7, 11) is 0. The van der Waals surface area contributed by atoms with Crippen molar-refractivity contribution in [1.29, 1.82) is 0 Å². The van der Waals surface area contributed by atoms with Crippen molar-refractivity contribution in [2.45, 2.75) is 25.4 Å². The number of aromatic nitrogens is 1. The fourth-order valence-corrected chi connectivity index (χ4v) is 4.64. The number of benzene rings is 1. The molecule has 28 heavy (non-hydrogen) atoms. The van der Waals surface area contributed by atoms with Crippen molar-refractivity contribution in [1.82, 2.24) is 14.8 Å². The first kappa shape index (κ1) is 17.3. The molecule has 0 radical (unpaired) electrons. The molecule has 5 rings (SSSR count). The van der Waals surface area contributed by atoms with Crippen molar-refractivity contribution in [3.8, 4) is 11.5 Å². The Morgan fingerprint density at radius 2 is 2.00 bits per heavy atom. The maximum Gasteiger partial charge on any atom is 0.250 e. The molecule has 0 spiro atoms. The molecule has 1 aromatic carbocycles. The van der Waals surface area contributed by atoms with Crippen LogP contribution in [0.15, 0.2) is 41.2 Å². The van der Waals surface area contributed by atoms with E-state index in [9.17, 15) is 9.59 Å². The molecule has 7 heteroatoms. The van der Waals surface area contributed by atoms with E-state index in [1.54, 1.807) is 6.07 Å². The van der Waals surface area contributed by atoms with Gasteiger partial charge in [0.25, 0.3) is 5.56 Å². The lowest BCUT2D eigenvalue weighted by molar-refractivity contribution is -0.123. The summed E-state index contributed by atoms with van der Waals surface area (Å²) in [6.45, 7) is 3.52. The van der Waals surface area contributed by atoms with Crippen molar-refractivity contribution in [3.05, 3.63) is 58.0 Å². The van der Waals surface area contributed by atoms with Gasteiger partial charge in [-0.05, 0) is 36.1 Å². The van der Waals surface area contributed by atoms with Gasteiger partial charge in [-0.3, -0.25) is 14.5 Å². The number of nitrogens with zero attached hydrogens (tertiary/aromatic N) is 2. The summed E-state index contributed by atoms with van der Waals surface area (Å²) in [5, 5.41) is 3.00. The Labute approximate surface area is 162 Å². The molecule has 146 valence electrons. The van der Waals surface area contributed by atoms with E-state index in [0.717, 1.165) is 48.8 Å². The summed E-state index contributed by atoms with van der Waals surface area (Å²) in [6.07, 6.45) is 1.10. The molecule has 2 atom stereocenters. The summed E-state index contributed by atoms with van der Waals surface area (Å²) in [5.41, 5.74) is 2.18. The zero-order valence-electron chi connectivity index (χ0n) is 15.6. The molecule has 1 N–H and O–H groups in total. The van der Waals surface area contributed by atoms with Crippen molar-refractivity contribution in [2.24, 2.45) is 5.92 Å². The lowest BCUT2D eigenvalue weighted by atomic mass is 9.83. The summed E-state index contributed by atoms with van der Waals surface area (Å²) in [6, 6.07) is 11.2. The highest BCUT2D eigenvalue weighted by Crippen LogP contribution is 2.35. The van der Waals surface area contributed by atoms with E-state index in [1.165, 1.54) is 0 Å². The van der Waals surface area contributed by atoms with Gasteiger partial charge < -0.3 is 19.4 Å². The van der Waals surface area contributed by atoms with Gasteiger partial charge in [-0.15, -0.1) is 0 Å². The number of fused-ring (bicyclic) bond motifs is 5. The molecule has 1 saturated heterocycles. The highest BCUT2D eigenvalue weighted by molar-refractivity contribution is 5.78. The zero-order valence-corrected chi connectivity index (χ0v) is 15.6. The first-order chi connectivity index (χ1) is 13.7. The second-order valence-electron chi connectivity index (χ2n) is 7.86. The normalized spacial score (nSPS) is 22.6. The molecule has 1 fully saturated rings. The van der Waals surface area contributed by atoms with Crippen LogP contribution in [0.3, 0.4) is 0 Å². The van der Waals surface area contributed by atoms with Crippen molar-refractivity contribution >= 4 is 5.91 Å². The smallest absolute Gasteiger partial charge is 0.250 e. The second-order valence-corrected chi connectivity index (χ2v) is 7.86. The van der Waals surface area contributed by atoms with E-state index in [0.29, 0.717) is 24.9 Å². The molecule has 2 bridgehead atoms. The van der Waals surface area contributed by atoms with E-state index < -0.39 is 0 Å². The van der Waals surface area contributed by atoms with E-state index >= 15 is 0 Å². The molecule has 1 amide bonds.